The molecule has 1 heterocycles. The quantitative estimate of drug-likeness (QED) is 0.102. The lowest BCUT2D eigenvalue weighted by Gasteiger charge is -2.39. The fourth-order valence-electron chi connectivity index (χ4n) is 4.28. The monoisotopic (exact) mass is 600 g/mol. The van der Waals surface area contributed by atoms with Crippen molar-refractivity contribution in [1.82, 2.24) is 15.1 Å². The fourth-order valence-corrected chi connectivity index (χ4v) is 4.53. The molecular weight excluding hydrogens is 574 g/mol. The van der Waals surface area contributed by atoms with Crippen LogP contribution in [0.25, 0.3) is 0 Å². The van der Waals surface area contributed by atoms with Crippen LogP contribution in [0.2, 0.25) is 5.02 Å². The van der Waals surface area contributed by atoms with Crippen LogP contribution in [0.4, 0.5) is 26.3 Å². The summed E-state index contributed by atoms with van der Waals surface area (Å²) in [6.45, 7) is 7.64. The van der Waals surface area contributed by atoms with E-state index in [1.807, 2.05) is 0 Å². The van der Waals surface area contributed by atoms with Crippen LogP contribution in [0, 0.1) is 17.5 Å². The normalized spacial score (nSPS) is 15.6. The second kappa shape index (κ2) is 13.2. The van der Waals surface area contributed by atoms with Gasteiger partial charge in [0.1, 0.15) is 5.82 Å². The number of amidine groups is 1. The SMILES string of the molecule is C=C(/C=C(/Cc1cc(F)c(F)cc1F)NC(C(=O)OC)c1ccccc1Cl)N1CCN(C(=NC)C(F)(F)F)C(=C)C1. The molecule has 3 rings (SSSR count). The van der Waals surface area contributed by atoms with E-state index in [0.717, 1.165) is 19.1 Å². The summed E-state index contributed by atoms with van der Waals surface area (Å²) >= 11 is 6.31. The van der Waals surface area contributed by atoms with Crippen molar-refractivity contribution in [3.05, 3.63) is 106 Å². The highest BCUT2D eigenvalue weighted by Crippen LogP contribution is 2.28. The van der Waals surface area contributed by atoms with Gasteiger partial charge in [-0.2, -0.15) is 13.2 Å². The van der Waals surface area contributed by atoms with Gasteiger partial charge in [0, 0.05) is 60.3 Å². The first-order chi connectivity index (χ1) is 19.3. The molecule has 13 heteroatoms. The van der Waals surface area contributed by atoms with E-state index in [1.165, 1.54) is 6.08 Å². The summed E-state index contributed by atoms with van der Waals surface area (Å²) in [6.07, 6.45) is -3.60. The molecule has 2 aromatic rings. The Bertz CT molecular complexity index is 1390. The number of aliphatic imine (C=N–C) groups is 1. The van der Waals surface area contributed by atoms with Crippen molar-refractivity contribution in [3.8, 4) is 0 Å². The van der Waals surface area contributed by atoms with Crippen LogP contribution in [0.15, 0.2) is 77.7 Å². The smallest absolute Gasteiger partial charge is 0.449 e. The molecule has 1 unspecified atom stereocenters. The number of hydrogen-bond acceptors (Lipinski definition) is 5. The second-order valence-electron chi connectivity index (χ2n) is 9.00. The van der Waals surface area contributed by atoms with E-state index in [0.29, 0.717) is 17.7 Å². The van der Waals surface area contributed by atoms with E-state index in [1.54, 1.807) is 29.2 Å². The Morgan fingerprint density at radius 3 is 2.41 bits per heavy atom. The van der Waals surface area contributed by atoms with Crippen molar-refractivity contribution in [2.24, 2.45) is 4.99 Å². The minimum absolute atomic E-state index is 0.0534. The molecule has 0 bridgehead atoms. The van der Waals surface area contributed by atoms with E-state index < -0.39 is 41.5 Å². The highest BCUT2D eigenvalue weighted by atomic mass is 35.5. The summed E-state index contributed by atoms with van der Waals surface area (Å²) < 4.78 is 87.2. The third-order valence-electron chi connectivity index (χ3n) is 6.27. The van der Waals surface area contributed by atoms with Crippen LogP contribution in [-0.4, -0.2) is 61.6 Å². The van der Waals surface area contributed by atoms with Crippen molar-refractivity contribution in [2.75, 3.05) is 33.8 Å². The molecule has 0 amide bonds. The maximum absolute atomic E-state index is 14.6. The number of piperazine rings is 1. The molecule has 0 aliphatic carbocycles. The van der Waals surface area contributed by atoms with Crippen LogP contribution in [0.5, 0.6) is 0 Å². The number of nitrogens with one attached hydrogen (secondary N) is 1. The number of nitrogens with zero attached hydrogens (tertiary/aromatic N) is 3. The Morgan fingerprint density at radius 1 is 1.17 bits per heavy atom. The zero-order valence-electron chi connectivity index (χ0n) is 22.2. The van der Waals surface area contributed by atoms with Gasteiger partial charge in [-0.25, -0.2) is 18.0 Å². The predicted molar refractivity (Wildman–Crippen MR) is 143 cm³/mol. The van der Waals surface area contributed by atoms with Gasteiger partial charge in [0.15, 0.2) is 17.7 Å². The first-order valence-corrected chi connectivity index (χ1v) is 12.5. The van der Waals surface area contributed by atoms with Gasteiger partial charge in [-0.15, -0.1) is 0 Å². The molecule has 1 aliphatic rings. The standard InChI is InChI=1S/C28H27ClF6N4O2/c1-16(38-9-10-39(17(2)15-38)27(36-3)28(33,34)35)11-19(12-18-13-23(31)24(32)14-22(18)30)37-25(26(40)41-4)20-7-5-6-8-21(20)29/h5-8,11,13-14,25,37H,1-2,9-10,12,15H2,3-4H3/b19-11-,36-27?. The Hall–Kier alpha value is -3.93. The number of ether oxygens (including phenoxy) is 1. The van der Waals surface area contributed by atoms with Crippen LogP contribution in [-0.2, 0) is 16.0 Å². The van der Waals surface area contributed by atoms with Gasteiger partial charge in [-0.3, -0.25) is 4.99 Å². The van der Waals surface area contributed by atoms with E-state index in [9.17, 15) is 31.1 Å². The van der Waals surface area contributed by atoms with Crippen LogP contribution in [0.3, 0.4) is 0 Å². The summed E-state index contributed by atoms with van der Waals surface area (Å²) in [5.74, 6) is -5.51. The van der Waals surface area contributed by atoms with Crippen molar-refractivity contribution in [3.63, 3.8) is 0 Å². The third kappa shape index (κ3) is 7.63. The molecule has 2 aromatic carbocycles. The van der Waals surface area contributed by atoms with Gasteiger partial charge in [-0.1, -0.05) is 43.0 Å². The maximum Gasteiger partial charge on any atom is 0.449 e. The molecule has 0 radical (unpaired) electrons. The number of allylic oxidation sites excluding steroid dienone is 2. The lowest BCUT2D eigenvalue weighted by atomic mass is 10.0. The number of alkyl halides is 3. The molecule has 0 spiro atoms. The molecule has 0 saturated carbocycles. The number of esters is 1. The maximum atomic E-state index is 14.6. The van der Waals surface area contributed by atoms with Gasteiger partial charge in [0.05, 0.1) is 13.7 Å². The number of carbonyl (C=O) groups is 1. The largest absolute Gasteiger partial charge is 0.467 e. The topological polar surface area (TPSA) is 57.2 Å². The van der Waals surface area contributed by atoms with E-state index in [-0.39, 0.29) is 53.7 Å². The van der Waals surface area contributed by atoms with Gasteiger partial charge in [-0.05, 0) is 23.8 Å². The molecular formula is C28H27ClF6N4O2. The molecule has 41 heavy (non-hydrogen) atoms. The Morgan fingerprint density at radius 2 is 1.83 bits per heavy atom. The molecule has 1 N–H and O–H groups in total. The number of carbonyl (C=O) groups excluding carboxylic acids is 1. The number of hydrogen-bond donors (Lipinski definition) is 1. The van der Waals surface area contributed by atoms with E-state index in [4.69, 9.17) is 16.3 Å². The van der Waals surface area contributed by atoms with Crippen LogP contribution >= 0.6 is 11.6 Å². The number of methoxy groups -OCH3 is 1. The average molecular weight is 601 g/mol. The molecule has 1 aliphatic heterocycles. The molecule has 0 aromatic heterocycles. The first-order valence-electron chi connectivity index (χ1n) is 12.1. The number of benzene rings is 2. The van der Waals surface area contributed by atoms with Crippen molar-refractivity contribution in [1.29, 1.82) is 0 Å². The Balaban J connectivity index is 1.96. The Labute approximate surface area is 238 Å². The van der Waals surface area contributed by atoms with E-state index >= 15 is 0 Å². The average Bonchev–Trinajstić information content (AvgIpc) is 2.90. The van der Waals surface area contributed by atoms with Crippen LogP contribution in [0.1, 0.15) is 17.2 Å². The van der Waals surface area contributed by atoms with Crippen molar-refractivity contribution in [2.45, 2.75) is 18.6 Å². The van der Waals surface area contributed by atoms with Crippen LogP contribution < -0.4 is 5.32 Å². The number of halogens is 7. The summed E-state index contributed by atoms with van der Waals surface area (Å²) in [4.78, 5) is 18.7. The zero-order chi connectivity index (χ0) is 30.5. The van der Waals surface area contributed by atoms with Gasteiger partial charge >= 0.3 is 12.1 Å². The fraction of sp³-hybridized carbons (Fsp3) is 0.286. The number of rotatable bonds is 8. The third-order valence-corrected chi connectivity index (χ3v) is 6.61. The molecule has 220 valence electrons. The minimum atomic E-state index is -4.68. The molecule has 6 nitrogen and oxygen atoms in total. The highest BCUT2D eigenvalue weighted by Gasteiger charge is 2.41. The summed E-state index contributed by atoms with van der Waals surface area (Å²) in [6, 6.07) is 6.30. The summed E-state index contributed by atoms with van der Waals surface area (Å²) in [5.41, 5.74) is 0.592. The molecule has 1 saturated heterocycles. The molecule has 1 fully saturated rings. The lowest BCUT2D eigenvalue weighted by molar-refractivity contribution is -0.143. The van der Waals surface area contributed by atoms with Crippen molar-refractivity contribution < 1.29 is 35.9 Å². The molecule has 1 atom stereocenters. The Kier molecular flexibility index (Phi) is 10.1. The predicted octanol–water partition coefficient (Wildman–Crippen LogP) is 5.92. The van der Waals surface area contributed by atoms with E-state index in [2.05, 4.69) is 23.5 Å². The van der Waals surface area contributed by atoms with Crippen molar-refractivity contribution >= 4 is 23.4 Å². The minimum Gasteiger partial charge on any atom is -0.467 e. The van der Waals surface area contributed by atoms with Gasteiger partial charge in [0.2, 0.25) is 5.84 Å². The van der Waals surface area contributed by atoms with Gasteiger partial charge in [0.25, 0.3) is 0 Å². The summed E-state index contributed by atoms with van der Waals surface area (Å²) in [7, 11) is 2.20. The second-order valence-corrected chi connectivity index (χ2v) is 9.41. The zero-order valence-corrected chi connectivity index (χ0v) is 22.9. The van der Waals surface area contributed by atoms with Gasteiger partial charge < -0.3 is 19.9 Å². The lowest BCUT2D eigenvalue weighted by Crippen LogP contribution is -2.50. The first kappa shape index (κ1) is 31.6. The highest BCUT2D eigenvalue weighted by molar-refractivity contribution is 6.31. The summed E-state index contributed by atoms with van der Waals surface area (Å²) in [5, 5.41) is 3.16.